The number of carbonyl (C=O) groups excluding carboxylic acids is 1. The van der Waals surface area contributed by atoms with E-state index in [1.54, 1.807) is 61.9 Å². The second-order valence-corrected chi connectivity index (χ2v) is 10.7. The molecule has 0 bridgehead atoms. The predicted molar refractivity (Wildman–Crippen MR) is 171 cm³/mol. The minimum atomic E-state index is -4.67. The maximum Gasteiger partial charge on any atom is 0.416 e. The van der Waals surface area contributed by atoms with Gasteiger partial charge >= 0.3 is 6.18 Å². The van der Waals surface area contributed by atoms with Crippen molar-refractivity contribution in [2.45, 2.75) is 26.4 Å². The van der Waals surface area contributed by atoms with E-state index in [-0.39, 0.29) is 23.5 Å². The Morgan fingerprint density at radius 1 is 0.848 bits per heavy atom. The van der Waals surface area contributed by atoms with Crippen LogP contribution >= 0.6 is 0 Å². The lowest BCUT2D eigenvalue weighted by atomic mass is 10.0. The van der Waals surface area contributed by atoms with Gasteiger partial charge in [-0.2, -0.15) is 13.2 Å². The van der Waals surface area contributed by atoms with Crippen LogP contribution in [0.15, 0.2) is 110 Å². The summed E-state index contributed by atoms with van der Waals surface area (Å²) < 4.78 is 42.7. The Labute approximate surface area is 263 Å². The van der Waals surface area contributed by atoms with Crippen LogP contribution in [-0.4, -0.2) is 30.8 Å². The molecule has 1 amide bonds. The van der Waals surface area contributed by atoms with E-state index in [0.29, 0.717) is 28.7 Å². The number of alkyl halides is 3. The number of pyridine rings is 1. The molecule has 2 N–H and O–H groups in total. The minimum Gasteiger partial charge on any atom is -0.342 e. The third-order valence-corrected chi connectivity index (χ3v) is 7.27. The average molecular weight is 620 g/mol. The third kappa shape index (κ3) is 6.78. The van der Waals surface area contributed by atoms with Gasteiger partial charge in [-0.15, -0.1) is 0 Å². The largest absolute Gasteiger partial charge is 0.416 e. The molecule has 0 fully saturated rings. The molecule has 0 saturated carbocycles. The predicted octanol–water partition coefficient (Wildman–Crippen LogP) is 8.22. The fraction of sp³-hybridized carbons (Fsp3) is 0.114. The molecule has 0 unspecified atom stereocenters. The molecule has 0 saturated heterocycles. The Kier molecular flexibility index (Phi) is 8.30. The summed E-state index contributed by atoms with van der Waals surface area (Å²) in [6.07, 6.45) is 1.81. The second kappa shape index (κ2) is 12.6. The molecule has 6 aromatic rings. The summed E-state index contributed by atoms with van der Waals surface area (Å²) in [6, 6.07) is 23.2. The fourth-order valence-electron chi connectivity index (χ4n) is 4.98. The molecular weight excluding hydrogens is 591 g/mol. The highest BCUT2D eigenvalue weighted by atomic mass is 19.4. The summed E-state index contributed by atoms with van der Waals surface area (Å²) in [5.41, 5.74) is 3.96. The van der Waals surface area contributed by atoms with Crippen LogP contribution < -0.4 is 10.2 Å². The molecular formula is C35H28F3N7O. The van der Waals surface area contributed by atoms with Crippen molar-refractivity contribution in [3.8, 4) is 22.6 Å². The minimum absolute atomic E-state index is 0.0425. The number of halogens is 3. The first kappa shape index (κ1) is 30.2. The molecule has 3 heterocycles. The highest BCUT2D eigenvalue weighted by Gasteiger charge is 2.33. The van der Waals surface area contributed by atoms with E-state index < -0.39 is 17.6 Å². The third-order valence-electron chi connectivity index (χ3n) is 7.27. The lowest BCUT2D eigenvalue weighted by Gasteiger charge is -2.26. The van der Waals surface area contributed by atoms with Crippen molar-refractivity contribution in [2.75, 3.05) is 10.2 Å². The van der Waals surface area contributed by atoms with Gasteiger partial charge in [0.05, 0.1) is 29.1 Å². The van der Waals surface area contributed by atoms with Crippen LogP contribution in [0.2, 0.25) is 0 Å². The standard InChI is InChI=1S/C35H28F3N7O/c1-22-10-11-28(19-31(22)44-34-40-14-12-30(43-34)25-9-6-13-39-21-25)45(32(46)15-24-7-4-3-5-8-24)29-17-26(33-41-20-23(2)42-33)16-27(18-29)35(36,37)38/h3-14,16-21H,15H2,1-2H3,(H,41,42)(H,40,43,44). The van der Waals surface area contributed by atoms with Gasteiger partial charge in [0.15, 0.2) is 0 Å². The first-order chi connectivity index (χ1) is 22.1. The first-order valence-corrected chi connectivity index (χ1v) is 14.4. The molecule has 8 nitrogen and oxygen atoms in total. The van der Waals surface area contributed by atoms with E-state index in [1.807, 2.05) is 37.3 Å². The van der Waals surface area contributed by atoms with Crippen molar-refractivity contribution < 1.29 is 18.0 Å². The number of aromatic nitrogens is 5. The van der Waals surface area contributed by atoms with Gasteiger partial charge in [-0.1, -0.05) is 36.4 Å². The van der Waals surface area contributed by atoms with Crippen LogP contribution in [0.3, 0.4) is 0 Å². The molecule has 6 rings (SSSR count). The summed E-state index contributed by atoms with van der Waals surface area (Å²) >= 11 is 0. The summed E-state index contributed by atoms with van der Waals surface area (Å²) in [5.74, 6) is 0.146. The Bertz CT molecular complexity index is 1990. The Balaban J connectivity index is 1.44. The molecule has 0 aliphatic heterocycles. The number of aromatic amines is 1. The van der Waals surface area contributed by atoms with E-state index in [4.69, 9.17) is 0 Å². The van der Waals surface area contributed by atoms with Crippen molar-refractivity contribution >= 4 is 28.9 Å². The number of aryl methyl sites for hydroxylation is 2. The highest BCUT2D eigenvalue weighted by molar-refractivity contribution is 6.02. The quantitative estimate of drug-likeness (QED) is 0.178. The number of benzene rings is 3. The summed E-state index contributed by atoms with van der Waals surface area (Å²) in [5, 5.41) is 3.22. The number of amides is 1. The van der Waals surface area contributed by atoms with E-state index in [9.17, 15) is 18.0 Å². The number of nitrogens with one attached hydrogen (secondary N) is 2. The second-order valence-electron chi connectivity index (χ2n) is 10.7. The van der Waals surface area contributed by atoms with Gasteiger partial charge in [0, 0.05) is 47.3 Å². The number of hydrogen-bond acceptors (Lipinski definition) is 6. The van der Waals surface area contributed by atoms with Crippen LogP contribution in [0.25, 0.3) is 22.6 Å². The topological polar surface area (TPSA) is 99.7 Å². The number of imidazole rings is 1. The van der Waals surface area contributed by atoms with Gasteiger partial charge in [-0.05, 0) is 73.5 Å². The number of hydrogen-bond donors (Lipinski definition) is 2. The van der Waals surface area contributed by atoms with Crippen molar-refractivity contribution in [3.63, 3.8) is 0 Å². The number of anilines is 4. The Morgan fingerprint density at radius 3 is 2.39 bits per heavy atom. The SMILES string of the molecule is Cc1cnc(-c2cc(N(C(=O)Cc3ccccc3)c3ccc(C)c(Nc4nccc(-c5cccnc5)n4)c3)cc(C(F)(F)F)c2)[nH]1. The number of nitrogens with zero attached hydrogens (tertiary/aromatic N) is 5. The summed E-state index contributed by atoms with van der Waals surface area (Å²) in [6.45, 7) is 3.63. The molecule has 0 spiro atoms. The van der Waals surface area contributed by atoms with Crippen LogP contribution in [0.1, 0.15) is 22.4 Å². The maximum absolute atomic E-state index is 14.2. The molecule has 230 valence electrons. The van der Waals surface area contributed by atoms with E-state index in [1.165, 1.54) is 17.2 Å². The molecule has 11 heteroatoms. The van der Waals surface area contributed by atoms with Crippen molar-refractivity contribution in [2.24, 2.45) is 0 Å². The lowest BCUT2D eigenvalue weighted by Crippen LogP contribution is -2.28. The van der Waals surface area contributed by atoms with E-state index >= 15 is 0 Å². The lowest BCUT2D eigenvalue weighted by molar-refractivity contribution is -0.137. The molecule has 0 atom stereocenters. The van der Waals surface area contributed by atoms with Crippen molar-refractivity contribution in [1.29, 1.82) is 0 Å². The zero-order valence-corrected chi connectivity index (χ0v) is 24.9. The van der Waals surface area contributed by atoms with Gasteiger partial charge in [-0.25, -0.2) is 15.0 Å². The zero-order chi connectivity index (χ0) is 32.3. The first-order valence-electron chi connectivity index (χ1n) is 14.4. The maximum atomic E-state index is 14.2. The summed E-state index contributed by atoms with van der Waals surface area (Å²) in [4.78, 5) is 35.7. The molecule has 3 aromatic carbocycles. The number of rotatable bonds is 8. The van der Waals surface area contributed by atoms with Crippen LogP contribution in [0, 0.1) is 13.8 Å². The summed E-state index contributed by atoms with van der Waals surface area (Å²) in [7, 11) is 0. The van der Waals surface area contributed by atoms with Gasteiger partial charge in [-0.3, -0.25) is 14.7 Å². The molecule has 46 heavy (non-hydrogen) atoms. The monoisotopic (exact) mass is 619 g/mol. The molecule has 0 radical (unpaired) electrons. The van der Waals surface area contributed by atoms with E-state index in [0.717, 1.165) is 28.8 Å². The van der Waals surface area contributed by atoms with Crippen LogP contribution in [0.5, 0.6) is 0 Å². The van der Waals surface area contributed by atoms with Crippen LogP contribution in [-0.2, 0) is 17.4 Å². The van der Waals surface area contributed by atoms with E-state index in [2.05, 4.69) is 30.2 Å². The number of H-pyrrole nitrogens is 1. The zero-order valence-electron chi connectivity index (χ0n) is 24.9. The average Bonchev–Trinajstić information content (AvgIpc) is 3.49. The van der Waals surface area contributed by atoms with Crippen LogP contribution in [0.4, 0.5) is 36.2 Å². The normalized spacial score (nSPS) is 11.3. The number of carbonyl (C=O) groups is 1. The highest BCUT2D eigenvalue weighted by Crippen LogP contribution is 2.39. The Morgan fingerprint density at radius 2 is 1.67 bits per heavy atom. The molecule has 0 aliphatic carbocycles. The van der Waals surface area contributed by atoms with Crippen molar-refractivity contribution in [3.05, 3.63) is 132 Å². The molecule has 0 aliphatic rings. The Hall–Kier alpha value is -5.84. The molecule has 3 aromatic heterocycles. The van der Waals surface area contributed by atoms with Gasteiger partial charge in [0.1, 0.15) is 5.82 Å². The van der Waals surface area contributed by atoms with Gasteiger partial charge in [0.2, 0.25) is 11.9 Å². The van der Waals surface area contributed by atoms with Gasteiger partial charge in [0.25, 0.3) is 0 Å². The smallest absolute Gasteiger partial charge is 0.342 e. The fourth-order valence-corrected chi connectivity index (χ4v) is 4.98. The van der Waals surface area contributed by atoms with Gasteiger partial charge < -0.3 is 10.3 Å². The van der Waals surface area contributed by atoms with Crippen molar-refractivity contribution in [1.82, 2.24) is 24.9 Å².